The summed E-state index contributed by atoms with van der Waals surface area (Å²) in [6, 6.07) is 4.65. The predicted molar refractivity (Wildman–Crippen MR) is 85.1 cm³/mol. The number of hydrogen-bond acceptors (Lipinski definition) is 3. The van der Waals surface area contributed by atoms with Gasteiger partial charge in [-0.15, -0.1) is 0 Å². The van der Waals surface area contributed by atoms with Crippen molar-refractivity contribution in [2.75, 3.05) is 18.9 Å². The molecule has 1 unspecified atom stereocenters. The van der Waals surface area contributed by atoms with Gasteiger partial charge in [0.15, 0.2) is 0 Å². The van der Waals surface area contributed by atoms with E-state index in [2.05, 4.69) is 10.6 Å². The maximum Gasteiger partial charge on any atom is 0.245 e. The third-order valence-corrected chi connectivity index (χ3v) is 3.18. The molecule has 0 aromatic heterocycles. The molecule has 1 rings (SSSR count). The highest BCUT2D eigenvalue weighted by Gasteiger charge is 2.26. The van der Waals surface area contributed by atoms with E-state index in [1.807, 2.05) is 13.8 Å². The van der Waals surface area contributed by atoms with Gasteiger partial charge in [0, 0.05) is 19.7 Å². The van der Waals surface area contributed by atoms with Crippen molar-refractivity contribution in [1.82, 2.24) is 10.2 Å². The summed E-state index contributed by atoms with van der Waals surface area (Å²) in [6.07, 6.45) is 0. The van der Waals surface area contributed by atoms with E-state index < -0.39 is 17.8 Å². The second kappa shape index (κ2) is 8.26. The molecule has 0 aliphatic heterocycles. The average Bonchev–Trinajstić information content (AvgIpc) is 2.45. The van der Waals surface area contributed by atoms with Crippen LogP contribution in [0.5, 0.6) is 0 Å². The van der Waals surface area contributed by atoms with Gasteiger partial charge in [-0.25, -0.2) is 4.39 Å². The molecule has 0 aliphatic rings. The van der Waals surface area contributed by atoms with Gasteiger partial charge in [0.25, 0.3) is 0 Å². The second-order valence-corrected chi connectivity index (χ2v) is 5.67. The number of halogens is 1. The van der Waals surface area contributed by atoms with E-state index >= 15 is 0 Å². The molecule has 7 heteroatoms. The molecule has 1 aromatic rings. The summed E-state index contributed by atoms with van der Waals surface area (Å²) in [5.74, 6) is -1.55. The summed E-state index contributed by atoms with van der Waals surface area (Å²) in [7, 11) is 1.49. The molecule has 3 amide bonds. The van der Waals surface area contributed by atoms with Crippen molar-refractivity contribution >= 4 is 23.4 Å². The van der Waals surface area contributed by atoms with Gasteiger partial charge in [0.2, 0.25) is 17.7 Å². The Bertz CT molecular complexity index is 572. The van der Waals surface area contributed by atoms with E-state index in [9.17, 15) is 18.8 Å². The molecule has 0 radical (unpaired) electrons. The first-order valence-corrected chi connectivity index (χ1v) is 7.28. The quantitative estimate of drug-likeness (QED) is 0.830. The summed E-state index contributed by atoms with van der Waals surface area (Å²) in [4.78, 5) is 36.7. The topological polar surface area (TPSA) is 78.5 Å². The summed E-state index contributed by atoms with van der Waals surface area (Å²) in [5, 5.41) is 5.16. The number of nitrogens with zero attached hydrogens (tertiary/aromatic N) is 1. The van der Waals surface area contributed by atoms with Gasteiger partial charge < -0.3 is 15.5 Å². The Balaban J connectivity index is 2.63. The normalized spacial score (nSPS) is 11.7. The van der Waals surface area contributed by atoms with Crippen molar-refractivity contribution in [3.05, 3.63) is 30.1 Å². The fourth-order valence-electron chi connectivity index (χ4n) is 2.00. The van der Waals surface area contributed by atoms with Gasteiger partial charge in [-0.3, -0.25) is 14.4 Å². The minimum atomic E-state index is -0.684. The summed E-state index contributed by atoms with van der Waals surface area (Å²) < 4.78 is 12.8. The number of anilines is 1. The van der Waals surface area contributed by atoms with E-state index in [-0.39, 0.29) is 24.3 Å². The van der Waals surface area contributed by atoms with Gasteiger partial charge in [0.1, 0.15) is 11.9 Å². The molecule has 0 saturated heterocycles. The lowest BCUT2D eigenvalue weighted by Gasteiger charge is -2.26. The van der Waals surface area contributed by atoms with Crippen LogP contribution in [-0.4, -0.2) is 42.3 Å². The summed E-state index contributed by atoms with van der Waals surface area (Å²) >= 11 is 0. The van der Waals surface area contributed by atoms with Gasteiger partial charge in [-0.05, 0) is 30.2 Å². The van der Waals surface area contributed by atoms with E-state index in [1.54, 1.807) is 0 Å². The number of carbonyl (C=O) groups excluding carboxylic acids is 3. The van der Waals surface area contributed by atoms with Gasteiger partial charge >= 0.3 is 0 Å². The van der Waals surface area contributed by atoms with Crippen LogP contribution in [-0.2, 0) is 14.4 Å². The molecule has 0 bridgehead atoms. The first kappa shape index (κ1) is 18.6. The first-order valence-electron chi connectivity index (χ1n) is 7.28. The zero-order chi connectivity index (χ0) is 17.6. The third kappa shape index (κ3) is 6.06. The lowest BCUT2D eigenvalue weighted by molar-refractivity contribution is -0.138. The standard InChI is InChI=1S/C16H22FN3O3/c1-10(2)15(18-11(3)21)16(23)20(4)9-14(22)19-13-7-5-12(17)6-8-13/h5-8,10,15H,9H2,1-4H3,(H,18,21)(H,19,22). The lowest BCUT2D eigenvalue weighted by atomic mass is 10.0. The maximum atomic E-state index is 12.8. The van der Waals surface area contributed by atoms with Crippen LogP contribution in [0, 0.1) is 11.7 Å². The Morgan fingerprint density at radius 3 is 2.22 bits per heavy atom. The minimum absolute atomic E-state index is 0.103. The Morgan fingerprint density at radius 1 is 1.17 bits per heavy atom. The van der Waals surface area contributed by atoms with E-state index in [0.717, 1.165) is 0 Å². The molecule has 0 saturated carbocycles. The fraction of sp³-hybridized carbons (Fsp3) is 0.438. The van der Waals surface area contributed by atoms with Crippen molar-refractivity contribution < 1.29 is 18.8 Å². The van der Waals surface area contributed by atoms with Crippen LogP contribution >= 0.6 is 0 Å². The number of benzene rings is 1. The molecule has 0 spiro atoms. The molecule has 2 N–H and O–H groups in total. The third-order valence-electron chi connectivity index (χ3n) is 3.18. The fourth-order valence-corrected chi connectivity index (χ4v) is 2.00. The smallest absolute Gasteiger partial charge is 0.245 e. The number of rotatable bonds is 6. The Morgan fingerprint density at radius 2 is 1.74 bits per heavy atom. The van der Waals surface area contributed by atoms with Gasteiger partial charge in [-0.2, -0.15) is 0 Å². The average molecular weight is 323 g/mol. The van der Waals surface area contributed by atoms with E-state index in [1.165, 1.54) is 43.1 Å². The molecule has 1 atom stereocenters. The van der Waals surface area contributed by atoms with Crippen molar-refractivity contribution in [2.45, 2.75) is 26.8 Å². The second-order valence-electron chi connectivity index (χ2n) is 5.67. The highest BCUT2D eigenvalue weighted by Crippen LogP contribution is 2.09. The summed E-state index contributed by atoms with van der Waals surface area (Å²) in [6.45, 7) is 4.79. The van der Waals surface area contributed by atoms with Crippen LogP contribution in [0.1, 0.15) is 20.8 Å². The zero-order valence-corrected chi connectivity index (χ0v) is 13.7. The molecular formula is C16H22FN3O3. The molecular weight excluding hydrogens is 301 g/mol. The molecule has 126 valence electrons. The molecule has 0 heterocycles. The predicted octanol–water partition coefficient (Wildman–Crippen LogP) is 1.38. The molecule has 23 heavy (non-hydrogen) atoms. The molecule has 0 aliphatic carbocycles. The van der Waals surface area contributed by atoms with Crippen LogP contribution in [0.25, 0.3) is 0 Å². The Hall–Kier alpha value is -2.44. The van der Waals surface area contributed by atoms with Crippen molar-refractivity contribution in [2.24, 2.45) is 5.92 Å². The number of nitrogens with one attached hydrogen (secondary N) is 2. The van der Waals surface area contributed by atoms with Crippen LogP contribution < -0.4 is 10.6 Å². The van der Waals surface area contributed by atoms with Gasteiger partial charge in [0.05, 0.1) is 6.54 Å². The van der Waals surface area contributed by atoms with Crippen molar-refractivity contribution in [3.63, 3.8) is 0 Å². The Labute approximate surface area is 135 Å². The van der Waals surface area contributed by atoms with Crippen LogP contribution in [0.4, 0.5) is 10.1 Å². The highest BCUT2D eigenvalue weighted by atomic mass is 19.1. The maximum absolute atomic E-state index is 12.8. The van der Waals surface area contributed by atoms with E-state index in [4.69, 9.17) is 0 Å². The lowest BCUT2D eigenvalue weighted by Crippen LogP contribution is -2.51. The highest BCUT2D eigenvalue weighted by molar-refractivity contribution is 5.95. The zero-order valence-electron chi connectivity index (χ0n) is 13.7. The van der Waals surface area contributed by atoms with Gasteiger partial charge in [-0.1, -0.05) is 13.8 Å². The summed E-state index contributed by atoms with van der Waals surface area (Å²) in [5.41, 5.74) is 0.444. The number of carbonyl (C=O) groups is 3. The minimum Gasteiger partial charge on any atom is -0.344 e. The molecule has 0 fully saturated rings. The largest absolute Gasteiger partial charge is 0.344 e. The number of likely N-dealkylation sites (N-methyl/N-ethyl adjacent to an activating group) is 1. The first-order chi connectivity index (χ1) is 10.7. The van der Waals surface area contributed by atoms with Crippen molar-refractivity contribution in [3.8, 4) is 0 Å². The number of amides is 3. The van der Waals surface area contributed by atoms with Crippen LogP contribution in [0.2, 0.25) is 0 Å². The van der Waals surface area contributed by atoms with E-state index in [0.29, 0.717) is 5.69 Å². The number of hydrogen-bond donors (Lipinski definition) is 2. The van der Waals surface area contributed by atoms with Crippen LogP contribution in [0.3, 0.4) is 0 Å². The van der Waals surface area contributed by atoms with Crippen LogP contribution in [0.15, 0.2) is 24.3 Å². The van der Waals surface area contributed by atoms with Crippen molar-refractivity contribution in [1.29, 1.82) is 0 Å². The SMILES string of the molecule is CC(=O)NC(C(=O)N(C)CC(=O)Nc1ccc(F)cc1)C(C)C. The molecule has 1 aromatic carbocycles. The monoisotopic (exact) mass is 323 g/mol. The molecule has 6 nitrogen and oxygen atoms in total. The Kier molecular flexibility index (Phi) is 6.68.